The number of likely N-dealkylation sites (tertiary alicyclic amines) is 1. The van der Waals surface area contributed by atoms with Gasteiger partial charge < -0.3 is 15.5 Å². The van der Waals surface area contributed by atoms with Gasteiger partial charge in [-0.15, -0.1) is 24.0 Å². The summed E-state index contributed by atoms with van der Waals surface area (Å²) in [6.45, 7) is 2.11. The first kappa shape index (κ1) is 19.0. The summed E-state index contributed by atoms with van der Waals surface area (Å²) in [5.74, 6) is 0.890. The average molecular weight is 442 g/mol. The van der Waals surface area contributed by atoms with Crippen LogP contribution in [0.25, 0.3) is 0 Å². The molecule has 3 rings (SSSR count). The molecule has 1 aromatic rings. The number of carbonyl (C=O) groups excluding carboxylic acids is 1. The van der Waals surface area contributed by atoms with E-state index in [1.165, 1.54) is 11.1 Å². The van der Waals surface area contributed by atoms with Crippen LogP contribution in [0.3, 0.4) is 0 Å². The van der Waals surface area contributed by atoms with E-state index in [1.807, 2.05) is 4.90 Å². The summed E-state index contributed by atoms with van der Waals surface area (Å²) in [7, 11) is 1.76. The number of hydrogen-bond acceptors (Lipinski definition) is 2. The molecular formula is C18H27IN4O. The maximum Gasteiger partial charge on any atom is 0.241 e. The maximum atomic E-state index is 12.1. The lowest BCUT2D eigenvalue weighted by Gasteiger charge is -2.27. The van der Waals surface area contributed by atoms with Gasteiger partial charge in [0.25, 0.3) is 0 Å². The number of benzene rings is 1. The van der Waals surface area contributed by atoms with Gasteiger partial charge in [-0.2, -0.15) is 0 Å². The number of nitrogens with zero attached hydrogens (tertiary/aromatic N) is 2. The fourth-order valence-electron chi connectivity index (χ4n) is 3.45. The molecule has 0 saturated carbocycles. The summed E-state index contributed by atoms with van der Waals surface area (Å²) in [5, 5.41) is 6.63. The van der Waals surface area contributed by atoms with Crippen molar-refractivity contribution < 1.29 is 4.79 Å². The van der Waals surface area contributed by atoms with Crippen molar-refractivity contribution in [3.05, 3.63) is 35.4 Å². The number of amides is 1. The van der Waals surface area contributed by atoms with Gasteiger partial charge in [-0.05, 0) is 43.2 Å². The van der Waals surface area contributed by atoms with Crippen molar-refractivity contribution in [2.75, 3.05) is 26.7 Å². The van der Waals surface area contributed by atoms with Crippen molar-refractivity contribution in [2.45, 2.75) is 38.1 Å². The van der Waals surface area contributed by atoms with Crippen LogP contribution in [0.4, 0.5) is 0 Å². The second-order valence-corrected chi connectivity index (χ2v) is 6.37. The number of nitrogens with one attached hydrogen (secondary N) is 2. The van der Waals surface area contributed by atoms with Crippen LogP contribution in [0, 0.1) is 0 Å². The van der Waals surface area contributed by atoms with Crippen molar-refractivity contribution in [1.29, 1.82) is 0 Å². The lowest BCUT2D eigenvalue weighted by molar-refractivity contribution is -0.128. The molecule has 6 heteroatoms. The summed E-state index contributed by atoms with van der Waals surface area (Å²) in [4.78, 5) is 18.3. The van der Waals surface area contributed by atoms with Crippen molar-refractivity contribution in [3.63, 3.8) is 0 Å². The highest BCUT2D eigenvalue weighted by Crippen LogP contribution is 2.20. The zero-order valence-electron chi connectivity index (χ0n) is 14.3. The molecule has 1 saturated heterocycles. The van der Waals surface area contributed by atoms with E-state index < -0.39 is 0 Å². The van der Waals surface area contributed by atoms with Crippen LogP contribution >= 0.6 is 24.0 Å². The molecule has 2 N–H and O–H groups in total. The second kappa shape index (κ2) is 9.25. The molecule has 24 heavy (non-hydrogen) atoms. The predicted octanol–water partition coefficient (Wildman–Crippen LogP) is 1.95. The van der Waals surface area contributed by atoms with Crippen LogP contribution in [-0.2, 0) is 17.6 Å². The highest BCUT2D eigenvalue weighted by molar-refractivity contribution is 14.0. The number of aliphatic imine (C=N–C) groups is 1. The summed E-state index contributed by atoms with van der Waals surface area (Å²) in [5.41, 5.74) is 2.87. The van der Waals surface area contributed by atoms with E-state index in [0.29, 0.717) is 12.6 Å². The van der Waals surface area contributed by atoms with Gasteiger partial charge in [0.05, 0.1) is 6.54 Å². The minimum absolute atomic E-state index is 0. The molecule has 1 atom stereocenters. The Labute approximate surface area is 161 Å². The molecule has 132 valence electrons. The normalized spacial score (nSPS) is 20.1. The van der Waals surface area contributed by atoms with E-state index >= 15 is 0 Å². The Morgan fingerprint density at radius 3 is 2.67 bits per heavy atom. The monoisotopic (exact) mass is 442 g/mol. The highest BCUT2D eigenvalue weighted by atomic mass is 127. The number of carbonyl (C=O) groups is 1. The molecule has 5 nitrogen and oxygen atoms in total. The summed E-state index contributed by atoms with van der Waals surface area (Å²) >= 11 is 0. The molecule has 1 aliphatic carbocycles. The number of hydrogen-bond donors (Lipinski definition) is 2. The van der Waals surface area contributed by atoms with Crippen molar-refractivity contribution >= 4 is 35.8 Å². The van der Waals surface area contributed by atoms with Crippen LogP contribution in [-0.4, -0.2) is 49.5 Å². The van der Waals surface area contributed by atoms with Gasteiger partial charge in [-0.25, -0.2) is 0 Å². The third kappa shape index (κ3) is 4.84. The molecule has 1 aromatic carbocycles. The number of fused-ring (bicyclic) bond motifs is 1. The first-order chi connectivity index (χ1) is 11.3. The van der Waals surface area contributed by atoms with Gasteiger partial charge in [0.1, 0.15) is 0 Å². The molecule has 1 heterocycles. The van der Waals surface area contributed by atoms with Crippen LogP contribution in [0.2, 0.25) is 0 Å². The Kier molecular flexibility index (Phi) is 7.33. The number of halogens is 1. The summed E-state index contributed by atoms with van der Waals surface area (Å²) < 4.78 is 0. The first-order valence-electron chi connectivity index (χ1n) is 8.58. The number of rotatable bonds is 3. The fourth-order valence-corrected chi connectivity index (χ4v) is 3.45. The summed E-state index contributed by atoms with van der Waals surface area (Å²) in [6.07, 6.45) is 5.45. The minimum atomic E-state index is 0. The number of guanidine groups is 1. The second-order valence-electron chi connectivity index (χ2n) is 6.37. The Balaban J connectivity index is 0.00000208. The molecule has 0 spiro atoms. The Morgan fingerprint density at radius 1 is 1.25 bits per heavy atom. The predicted molar refractivity (Wildman–Crippen MR) is 108 cm³/mol. The maximum absolute atomic E-state index is 12.1. The molecule has 1 aliphatic heterocycles. The van der Waals surface area contributed by atoms with Gasteiger partial charge in [-0.1, -0.05) is 24.3 Å². The third-order valence-corrected chi connectivity index (χ3v) is 4.78. The Hall–Kier alpha value is -1.31. The molecule has 0 aromatic heterocycles. The van der Waals surface area contributed by atoms with E-state index in [9.17, 15) is 4.79 Å². The Bertz CT molecular complexity index is 584. The van der Waals surface area contributed by atoms with E-state index in [4.69, 9.17) is 0 Å². The fraction of sp³-hybridized carbons (Fsp3) is 0.556. The largest absolute Gasteiger partial charge is 0.353 e. The van der Waals surface area contributed by atoms with Gasteiger partial charge in [0, 0.05) is 26.2 Å². The van der Waals surface area contributed by atoms with E-state index in [2.05, 4.69) is 39.9 Å². The van der Waals surface area contributed by atoms with Gasteiger partial charge in [0.2, 0.25) is 5.91 Å². The van der Waals surface area contributed by atoms with E-state index in [-0.39, 0.29) is 29.9 Å². The molecule has 1 unspecified atom stereocenters. The Morgan fingerprint density at radius 2 is 1.96 bits per heavy atom. The lowest BCUT2D eigenvalue weighted by atomic mass is 9.88. The van der Waals surface area contributed by atoms with E-state index in [0.717, 1.165) is 51.2 Å². The first-order valence-corrected chi connectivity index (χ1v) is 8.58. The number of aryl methyl sites for hydroxylation is 1. The zero-order chi connectivity index (χ0) is 16.1. The molecule has 1 fully saturated rings. The summed E-state index contributed by atoms with van der Waals surface area (Å²) in [6, 6.07) is 9.00. The standard InChI is InChI=1S/C18H26N4O.HI/c1-19-18(20-13-17(23)22-10-4-5-11-22)21-16-9-8-14-6-2-3-7-15(14)12-16;/h2-3,6-7,16H,4-5,8-13H2,1H3,(H2,19,20,21);1H. The van der Waals surface area contributed by atoms with E-state index in [1.54, 1.807) is 7.05 Å². The molecule has 2 aliphatic rings. The molecule has 1 amide bonds. The average Bonchev–Trinajstić information content (AvgIpc) is 3.13. The molecular weight excluding hydrogens is 415 g/mol. The molecule has 0 radical (unpaired) electrons. The SMILES string of the molecule is CN=C(NCC(=O)N1CCCC1)NC1CCc2ccccc2C1.I. The van der Waals surface area contributed by atoms with Crippen LogP contribution in [0.15, 0.2) is 29.3 Å². The van der Waals surface area contributed by atoms with Gasteiger partial charge in [0.15, 0.2) is 5.96 Å². The van der Waals surface area contributed by atoms with Crippen molar-refractivity contribution in [3.8, 4) is 0 Å². The lowest BCUT2D eigenvalue weighted by Crippen LogP contribution is -2.48. The third-order valence-electron chi connectivity index (χ3n) is 4.78. The van der Waals surface area contributed by atoms with Crippen molar-refractivity contribution in [1.82, 2.24) is 15.5 Å². The van der Waals surface area contributed by atoms with Gasteiger partial charge in [-0.3, -0.25) is 9.79 Å². The smallest absolute Gasteiger partial charge is 0.241 e. The van der Waals surface area contributed by atoms with Crippen LogP contribution in [0.1, 0.15) is 30.4 Å². The van der Waals surface area contributed by atoms with Crippen molar-refractivity contribution in [2.24, 2.45) is 4.99 Å². The van der Waals surface area contributed by atoms with Crippen LogP contribution in [0.5, 0.6) is 0 Å². The topological polar surface area (TPSA) is 56.7 Å². The minimum Gasteiger partial charge on any atom is -0.353 e. The van der Waals surface area contributed by atoms with Gasteiger partial charge >= 0.3 is 0 Å². The van der Waals surface area contributed by atoms with Crippen LogP contribution < -0.4 is 10.6 Å². The highest BCUT2D eigenvalue weighted by Gasteiger charge is 2.20. The quantitative estimate of drug-likeness (QED) is 0.428. The zero-order valence-corrected chi connectivity index (χ0v) is 16.6. The molecule has 0 bridgehead atoms.